The van der Waals surface area contributed by atoms with Crippen molar-refractivity contribution >= 4 is 17.3 Å². The molecule has 138 valence electrons. The number of methoxy groups -OCH3 is 1. The van der Waals surface area contributed by atoms with Crippen molar-refractivity contribution in [2.75, 3.05) is 17.7 Å². The van der Waals surface area contributed by atoms with Crippen LogP contribution in [-0.4, -0.2) is 13.0 Å². The molecule has 3 aromatic rings. The van der Waals surface area contributed by atoms with E-state index < -0.39 is 11.6 Å². The van der Waals surface area contributed by atoms with Crippen LogP contribution in [0, 0.1) is 11.6 Å². The molecule has 27 heavy (non-hydrogen) atoms. The number of ether oxygens (including phenoxy) is 1. The van der Waals surface area contributed by atoms with E-state index in [0.717, 1.165) is 6.07 Å². The van der Waals surface area contributed by atoms with E-state index in [9.17, 15) is 13.6 Å². The quantitative estimate of drug-likeness (QED) is 0.655. The molecule has 0 spiro atoms. The first-order chi connectivity index (χ1) is 13.1. The van der Waals surface area contributed by atoms with Crippen molar-refractivity contribution in [2.24, 2.45) is 0 Å². The summed E-state index contributed by atoms with van der Waals surface area (Å²) < 4.78 is 32.5. The Labute approximate surface area is 155 Å². The summed E-state index contributed by atoms with van der Waals surface area (Å²) in [6.07, 6.45) is 0. The Morgan fingerprint density at radius 1 is 1.00 bits per heavy atom. The third kappa shape index (κ3) is 4.41. The number of hydrogen-bond acceptors (Lipinski definition) is 3. The first-order valence-electron chi connectivity index (χ1n) is 8.29. The zero-order valence-corrected chi connectivity index (χ0v) is 14.6. The number of hydrogen-bond donors (Lipinski definition) is 2. The molecular formula is C21H18F2N2O2. The second-order valence-electron chi connectivity index (χ2n) is 5.80. The molecular weight excluding hydrogens is 350 g/mol. The maximum Gasteiger partial charge on any atom is 0.255 e. The van der Waals surface area contributed by atoms with E-state index in [-0.39, 0.29) is 18.0 Å². The first-order valence-corrected chi connectivity index (χ1v) is 8.29. The highest BCUT2D eigenvalue weighted by atomic mass is 19.2. The van der Waals surface area contributed by atoms with E-state index in [0.29, 0.717) is 22.7 Å². The molecule has 0 aliphatic heterocycles. The van der Waals surface area contributed by atoms with Gasteiger partial charge in [0, 0.05) is 23.4 Å². The molecule has 0 saturated carbocycles. The number of carbonyl (C=O) groups excluding carboxylic acids is 1. The Bertz CT molecular complexity index is 946. The summed E-state index contributed by atoms with van der Waals surface area (Å²) in [5.74, 6) is -1.61. The average Bonchev–Trinajstić information content (AvgIpc) is 2.69. The van der Waals surface area contributed by atoms with Crippen LogP contribution in [0.3, 0.4) is 0 Å². The smallest absolute Gasteiger partial charge is 0.255 e. The van der Waals surface area contributed by atoms with Gasteiger partial charge in [0.15, 0.2) is 11.6 Å². The van der Waals surface area contributed by atoms with Crippen molar-refractivity contribution in [3.8, 4) is 5.75 Å². The first kappa shape index (κ1) is 18.4. The molecule has 4 nitrogen and oxygen atoms in total. The molecule has 1 amide bonds. The van der Waals surface area contributed by atoms with Gasteiger partial charge < -0.3 is 15.4 Å². The SMILES string of the molecule is COc1ccc(C(=O)Nc2ccccc2)cc1NCc1cccc(F)c1F. The van der Waals surface area contributed by atoms with Crippen LogP contribution >= 0.6 is 0 Å². The number of benzene rings is 3. The number of anilines is 2. The van der Waals surface area contributed by atoms with Crippen LogP contribution in [-0.2, 0) is 6.54 Å². The van der Waals surface area contributed by atoms with Gasteiger partial charge in [-0.1, -0.05) is 30.3 Å². The van der Waals surface area contributed by atoms with Crippen LogP contribution in [0.15, 0.2) is 66.7 Å². The average molecular weight is 368 g/mol. The standard InChI is InChI=1S/C21H18F2N2O2/c1-27-19-11-10-14(21(26)25-16-7-3-2-4-8-16)12-18(19)24-13-15-6-5-9-17(22)20(15)23/h2-12,24H,13H2,1H3,(H,25,26). The highest BCUT2D eigenvalue weighted by molar-refractivity contribution is 6.05. The normalized spacial score (nSPS) is 10.3. The summed E-state index contributed by atoms with van der Waals surface area (Å²) in [5.41, 5.74) is 1.76. The van der Waals surface area contributed by atoms with Gasteiger partial charge in [-0.15, -0.1) is 0 Å². The highest BCUT2D eigenvalue weighted by Crippen LogP contribution is 2.27. The van der Waals surface area contributed by atoms with Crippen molar-refractivity contribution in [2.45, 2.75) is 6.54 Å². The van der Waals surface area contributed by atoms with Gasteiger partial charge in [0.1, 0.15) is 5.75 Å². The second-order valence-corrected chi connectivity index (χ2v) is 5.80. The summed E-state index contributed by atoms with van der Waals surface area (Å²) >= 11 is 0. The molecule has 0 aromatic heterocycles. The monoisotopic (exact) mass is 368 g/mol. The fourth-order valence-electron chi connectivity index (χ4n) is 2.59. The minimum absolute atomic E-state index is 0.0453. The number of halogens is 2. The molecule has 3 rings (SSSR count). The summed E-state index contributed by atoms with van der Waals surface area (Å²) in [6.45, 7) is 0.0453. The number of para-hydroxylation sites is 1. The Hall–Kier alpha value is -3.41. The molecule has 0 unspecified atom stereocenters. The van der Waals surface area contributed by atoms with Gasteiger partial charge in [-0.05, 0) is 36.4 Å². The molecule has 0 bridgehead atoms. The highest BCUT2D eigenvalue weighted by Gasteiger charge is 2.12. The minimum Gasteiger partial charge on any atom is -0.495 e. The summed E-state index contributed by atoms with van der Waals surface area (Å²) in [5, 5.41) is 5.79. The van der Waals surface area contributed by atoms with Crippen LogP contribution < -0.4 is 15.4 Å². The predicted molar refractivity (Wildman–Crippen MR) is 101 cm³/mol. The van der Waals surface area contributed by atoms with Gasteiger partial charge in [0.25, 0.3) is 5.91 Å². The number of amides is 1. The molecule has 0 heterocycles. The second kappa shape index (κ2) is 8.31. The summed E-state index contributed by atoms with van der Waals surface area (Å²) in [7, 11) is 1.49. The van der Waals surface area contributed by atoms with Crippen LogP contribution in [0.2, 0.25) is 0 Å². The zero-order valence-electron chi connectivity index (χ0n) is 14.6. The molecule has 2 N–H and O–H groups in total. The van der Waals surface area contributed by atoms with Gasteiger partial charge in [-0.3, -0.25) is 4.79 Å². The third-order valence-corrected chi connectivity index (χ3v) is 3.99. The van der Waals surface area contributed by atoms with Crippen LogP contribution in [0.4, 0.5) is 20.2 Å². The Balaban J connectivity index is 1.79. The largest absolute Gasteiger partial charge is 0.495 e. The van der Waals surface area contributed by atoms with Crippen LogP contribution in [0.1, 0.15) is 15.9 Å². The molecule has 0 atom stereocenters. The fraction of sp³-hybridized carbons (Fsp3) is 0.0952. The van der Waals surface area contributed by atoms with Gasteiger partial charge >= 0.3 is 0 Å². The van der Waals surface area contributed by atoms with E-state index in [1.54, 1.807) is 30.3 Å². The lowest BCUT2D eigenvalue weighted by Gasteiger charge is -2.14. The van der Waals surface area contributed by atoms with Gasteiger partial charge in [0.05, 0.1) is 12.8 Å². The molecule has 0 aliphatic carbocycles. The van der Waals surface area contributed by atoms with Crippen molar-refractivity contribution in [1.82, 2.24) is 0 Å². The van der Waals surface area contributed by atoms with Crippen molar-refractivity contribution < 1.29 is 18.3 Å². The molecule has 6 heteroatoms. The van der Waals surface area contributed by atoms with Gasteiger partial charge in [-0.25, -0.2) is 8.78 Å². The Morgan fingerprint density at radius 2 is 1.78 bits per heavy atom. The zero-order chi connectivity index (χ0) is 19.2. The lowest BCUT2D eigenvalue weighted by atomic mass is 10.1. The minimum atomic E-state index is -0.905. The lowest BCUT2D eigenvalue weighted by molar-refractivity contribution is 0.102. The maximum atomic E-state index is 13.8. The van der Waals surface area contributed by atoms with E-state index in [4.69, 9.17) is 4.74 Å². The van der Waals surface area contributed by atoms with Gasteiger partial charge in [0.2, 0.25) is 0 Å². The predicted octanol–water partition coefficient (Wildman–Crippen LogP) is 4.84. The van der Waals surface area contributed by atoms with Gasteiger partial charge in [-0.2, -0.15) is 0 Å². The van der Waals surface area contributed by atoms with Crippen LogP contribution in [0.5, 0.6) is 5.75 Å². The topological polar surface area (TPSA) is 50.4 Å². The Morgan fingerprint density at radius 3 is 2.52 bits per heavy atom. The van der Waals surface area contributed by atoms with E-state index in [1.807, 2.05) is 18.2 Å². The van der Waals surface area contributed by atoms with E-state index in [1.165, 1.54) is 19.2 Å². The fourth-order valence-corrected chi connectivity index (χ4v) is 2.59. The molecule has 0 saturated heterocycles. The van der Waals surface area contributed by atoms with Crippen molar-refractivity contribution in [3.05, 3.63) is 89.5 Å². The number of nitrogens with one attached hydrogen (secondary N) is 2. The third-order valence-electron chi connectivity index (χ3n) is 3.99. The van der Waals surface area contributed by atoms with E-state index in [2.05, 4.69) is 10.6 Å². The molecule has 0 aliphatic rings. The number of carbonyl (C=O) groups is 1. The molecule has 3 aromatic carbocycles. The molecule has 0 fully saturated rings. The molecule has 0 radical (unpaired) electrons. The van der Waals surface area contributed by atoms with E-state index >= 15 is 0 Å². The summed E-state index contributed by atoms with van der Waals surface area (Å²) in [6, 6.07) is 17.9. The number of rotatable bonds is 6. The maximum absolute atomic E-state index is 13.8. The van der Waals surface area contributed by atoms with Crippen molar-refractivity contribution in [1.29, 1.82) is 0 Å². The Kier molecular flexibility index (Phi) is 5.66. The van der Waals surface area contributed by atoms with Crippen LogP contribution in [0.25, 0.3) is 0 Å². The lowest BCUT2D eigenvalue weighted by Crippen LogP contribution is -2.12. The van der Waals surface area contributed by atoms with Crippen molar-refractivity contribution in [3.63, 3.8) is 0 Å². The summed E-state index contributed by atoms with van der Waals surface area (Å²) in [4.78, 5) is 12.4.